The monoisotopic (exact) mass is 161 g/mol. The lowest BCUT2D eigenvalue weighted by Gasteiger charge is -1.99. The molecule has 0 bridgehead atoms. The molecule has 2 rings (SSSR count). The fourth-order valence-electron chi connectivity index (χ4n) is 1.31. The summed E-state index contributed by atoms with van der Waals surface area (Å²) in [6, 6.07) is 0. The molecule has 3 nitrogen and oxygen atoms in total. The van der Waals surface area contributed by atoms with E-state index in [2.05, 4.69) is 28.8 Å². The van der Waals surface area contributed by atoms with E-state index in [9.17, 15) is 0 Å². The normalized spacial score (nSPS) is 11.2. The van der Waals surface area contributed by atoms with E-state index in [0.29, 0.717) is 5.92 Å². The molecule has 0 aromatic carbocycles. The Labute approximate surface area is 70.9 Å². The van der Waals surface area contributed by atoms with Gasteiger partial charge >= 0.3 is 0 Å². The minimum absolute atomic E-state index is 0.496. The summed E-state index contributed by atoms with van der Waals surface area (Å²) in [4.78, 5) is 11.5. The summed E-state index contributed by atoms with van der Waals surface area (Å²) in [5, 5.41) is 0. The van der Waals surface area contributed by atoms with Gasteiger partial charge in [0, 0.05) is 24.2 Å². The van der Waals surface area contributed by atoms with E-state index in [-0.39, 0.29) is 0 Å². The molecule has 2 aromatic heterocycles. The molecule has 0 aliphatic rings. The van der Waals surface area contributed by atoms with Crippen LogP contribution in [0.5, 0.6) is 0 Å². The maximum atomic E-state index is 4.27. The van der Waals surface area contributed by atoms with Crippen molar-refractivity contribution >= 4 is 11.2 Å². The Morgan fingerprint density at radius 1 is 1.25 bits per heavy atom. The zero-order valence-corrected chi connectivity index (χ0v) is 7.20. The van der Waals surface area contributed by atoms with Crippen LogP contribution in [0.25, 0.3) is 11.2 Å². The molecule has 12 heavy (non-hydrogen) atoms. The summed E-state index contributed by atoms with van der Waals surface area (Å²) >= 11 is 0. The molecule has 0 amide bonds. The number of hydrogen-bond acceptors (Lipinski definition) is 2. The second-order valence-corrected chi connectivity index (χ2v) is 3.15. The van der Waals surface area contributed by atoms with Crippen LogP contribution in [0.2, 0.25) is 0 Å². The van der Waals surface area contributed by atoms with Gasteiger partial charge in [0.2, 0.25) is 0 Å². The van der Waals surface area contributed by atoms with Crippen molar-refractivity contribution in [1.29, 1.82) is 0 Å². The van der Waals surface area contributed by atoms with Crippen molar-refractivity contribution in [2.75, 3.05) is 0 Å². The number of fused-ring (bicyclic) bond motifs is 1. The number of aromatic nitrogens is 3. The van der Waals surface area contributed by atoms with Crippen molar-refractivity contribution in [3.63, 3.8) is 0 Å². The maximum absolute atomic E-state index is 4.27. The van der Waals surface area contributed by atoms with Gasteiger partial charge < -0.3 is 4.98 Å². The molecule has 0 saturated heterocycles. The van der Waals surface area contributed by atoms with E-state index in [1.165, 1.54) is 5.56 Å². The molecule has 62 valence electrons. The lowest BCUT2D eigenvalue weighted by atomic mass is 10.1. The highest BCUT2D eigenvalue weighted by molar-refractivity contribution is 5.75. The van der Waals surface area contributed by atoms with Gasteiger partial charge in [-0.1, -0.05) is 13.8 Å². The first-order valence-electron chi connectivity index (χ1n) is 4.07. The molecule has 0 unspecified atom stereocenters. The van der Waals surface area contributed by atoms with Gasteiger partial charge in [-0.05, 0) is 5.92 Å². The SMILES string of the molecule is CC(C)c1c[nH]c2nccnc12. The third kappa shape index (κ3) is 0.978. The summed E-state index contributed by atoms with van der Waals surface area (Å²) in [6.07, 6.45) is 5.40. The van der Waals surface area contributed by atoms with Crippen LogP contribution in [0.15, 0.2) is 18.6 Å². The first-order chi connectivity index (χ1) is 5.79. The van der Waals surface area contributed by atoms with Gasteiger partial charge in [-0.25, -0.2) is 4.98 Å². The topological polar surface area (TPSA) is 41.6 Å². The van der Waals surface area contributed by atoms with Crippen molar-refractivity contribution in [2.24, 2.45) is 0 Å². The molecule has 1 N–H and O–H groups in total. The van der Waals surface area contributed by atoms with Gasteiger partial charge in [-0.2, -0.15) is 0 Å². The van der Waals surface area contributed by atoms with Crippen molar-refractivity contribution in [3.8, 4) is 0 Å². The van der Waals surface area contributed by atoms with Crippen LogP contribution >= 0.6 is 0 Å². The molecule has 2 heterocycles. The van der Waals surface area contributed by atoms with Crippen LogP contribution in [-0.4, -0.2) is 15.0 Å². The van der Waals surface area contributed by atoms with Gasteiger partial charge in [0.1, 0.15) is 5.52 Å². The van der Waals surface area contributed by atoms with Crippen molar-refractivity contribution in [2.45, 2.75) is 19.8 Å². The highest BCUT2D eigenvalue weighted by atomic mass is 14.9. The summed E-state index contributed by atoms with van der Waals surface area (Å²) in [5.41, 5.74) is 3.10. The Bertz CT molecular complexity index is 389. The van der Waals surface area contributed by atoms with Crippen LogP contribution in [0.3, 0.4) is 0 Å². The van der Waals surface area contributed by atoms with Crippen LogP contribution in [0.4, 0.5) is 0 Å². The van der Waals surface area contributed by atoms with Crippen LogP contribution < -0.4 is 0 Å². The van der Waals surface area contributed by atoms with Crippen LogP contribution in [-0.2, 0) is 0 Å². The third-order valence-corrected chi connectivity index (χ3v) is 1.96. The van der Waals surface area contributed by atoms with E-state index in [4.69, 9.17) is 0 Å². The van der Waals surface area contributed by atoms with Gasteiger partial charge in [-0.3, -0.25) is 4.98 Å². The molecule has 0 spiro atoms. The van der Waals surface area contributed by atoms with E-state index in [1.54, 1.807) is 12.4 Å². The highest BCUT2D eigenvalue weighted by Crippen LogP contribution is 2.20. The van der Waals surface area contributed by atoms with Crippen LogP contribution in [0, 0.1) is 0 Å². The number of nitrogens with one attached hydrogen (secondary N) is 1. The minimum atomic E-state index is 0.496. The van der Waals surface area contributed by atoms with Gasteiger partial charge in [0.05, 0.1) is 0 Å². The largest absolute Gasteiger partial charge is 0.345 e. The van der Waals surface area contributed by atoms with E-state index < -0.39 is 0 Å². The summed E-state index contributed by atoms with van der Waals surface area (Å²) < 4.78 is 0. The smallest absolute Gasteiger partial charge is 0.156 e. The molecule has 0 saturated carbocycles. The molecule has 0 aliphatic heterocycles. The van der Waals surface area contributed by atoms with E-state index in [1.807, 2.05) is 6.20 Å². The van der Waals surface area contributed by atoms with Crippen molar-refractivity contribution in [1.82, 2.24) is 15.0 Å². The minimum Gasteiger partial charge on any atom is -0.345 e. The fraction of sp³-hybridized carbons (Fsp3) is 0.333. The van der Waals surface area contributed by atoms with Gasteiger partial charge in [0.25, 0.3) is 0 Å². The molecule has 0 fully saturated rings. The Morgan fingerprint density at radius 3 is 2.75 bits per heavy atom. The van der Waals surface area contributed by atoms with Crippen molar-refractivity contribution in [3.05, 3.63) is 24.2 Å². The number of hydrogen-bond donors (Lipinski definition) is 1. The fourth-order valence-corrected chi connectivity index (χ4v) is 1.31. The quantitative estimate of drug-likeness (QED) is 0.695. The molecular formula is C9H11N3. The van der Waals surface area contributed by atoms with Crippen molar-refractivity contribution < 1.29 is 0 Å². The Balaban J connectivity index is 2.70. The number of H-pyrrole nitrogens is 1. The summed E-state index contributed by atoms with van der Waals surface area (Å²) in [5.74, 6) is 0.496. The number of aromatic amines is 1. The standard InChI is InChI=1S/C9H11N3/c1-6(2)7-5-12-9-8(7)10-3-4-11-9/h3-6H,1-2H3,(H,11,12). The Hall–Kier alpha value is -1.38. The highest BCUT2D eigenvalue weighted by Gasteiger charge is 2.07. The molecule has 0 aliphatic carbocycles. The van der Waals surface area contributed by atoms with E-state index >= 15 is 0 Å². The lowest BCUT2D eigenvalue weighted by Crippen LogP contribution is -1.86. The molecule has 2 aromatic rings. The van der Waals surface area contributed by atoms with Gasteiger partial charge in [-0.15, -0.1) is 0 Å². The number of rotatable bonds is 1. The average Bonchev–Trinajstić information content (AvgIpc) is 2.47. The molecule has 3 heteroatoms. The Morgan fingerprint density at radius 2 is 2.00 bits per heavy atom. The predicted molar refractivity (Wildman–Crippen MR) is 48.0 cm³/mol. The van der Waals surface area contributed by atoms with Crippen LogP contribution in [0.1, 0.15) is 25.3 Å². The summed E-state index contributed by atoms with van der Waals surface area (Å²) in [6.45, 7) is 4.30. The summed E-state index contributed by atoms with van der Waals surface area (Å²) in [7, 11) is 0. The first-order valence-corrected chi connectivity index (χ1v) is 4.07. The maximum Gasteiger partial charge on any atom is 0.156 e. The Kier molecular flexibility index (Phi) is 1.57. The average molecular weight is 161 g/mol. The molecular weight excluding hydrogens is 150 g/mol. The zero-order valence-electron chi connectivity index (χ0n) is 7.20. The van der Waals surface area contributed by atoms with Gasteiger partial charge in [0.15, 0.2) is 5.65 Å². The first kappa shape index (κ1) is 7.28. The van der Waals surface area contributed by atoms with E-state index in [0.717, 1.165) is 11.2 Å². The second kappa shape index (κ2) is 2.59. The lowest BCUT2D eigenvalue weighted by molar-refractivity contribution is 0.872. The second-order valence-electron chi connectivity index (χ2n) is 3.15. The molecule has 0 radical (unpaired) electrons. The zero-order chi connectivity index (χ0) is 8.55. The third-order valence-electron chi connectivity index (χ3n) is 1.96. The number of nitrogens with zero attached hydrogens (tertiary/aromatic N) is 2. The predicted octanol–water partition coefficient (Wildman–Crippen LogP) is 2.08. The molecule has 0 atom stereocenters.